The number of carbonyl (C=O) groups excluding carboxylic acids is 2. The fourth-order valence-corrected chi connectivity index (χ4v) is 2.10. The molecule has 0 aliphatic carbocycles. The highest BCUT2D eigenvalue weighted by atomic mass is 79.9. The number of likely N-dealkylation sites (N-methyl/N-ethyl adjacent to an activating group) is 1. The van der Waals surface area contributed by atoms with Crippen LogP contribution in [-0.4, -0.2) is 44.1 Å². The maximum absolute atomic E-state index is 12.1. The average Bonchev–Trinajstić information content (AvgIpc) is 2.37. The predicted octanol–water partition coefficient (Wildman–Crippen LogP) is 1.67. The molecule has 6 nitrogen and oxygen atoms in total. The zero-order valence-electron chi connectivity index (χ0n) is 11.8. The molecule has 1 atom stereocenters. The van der Waals surface area contributed by atoms with E-state index in [1.165, 1.54) is 18.9 Å². The first kappa shape index (κ1) is 16.3. The molecule has 1 rings (SSSR count). The summed E-state index contributed by atoms with van der Waals surface area (Å²) in [5.41, 5.74) is 6.16. The molecular weight excluding hydrogens is 328 g/mol. The second kappa shape index (κ2) is 6.60. The number of nitrogen functional groups attached to an aromatic ring is 1. The topological polar surface area (TPSA) is 81.9 Å². The molecule has 7 heteroatoms. The van der Waals surface area contributed by atoms with Gasteiger partial charge in [-0.15, -0.1) is 0 Å². The molecule has 2 N–H and O–H groups in total. The number of esters is 1. The zero-order chi connectivity index (χ0) is 15.4. The van der Waals surface area contributed by atoms with E-state index in [9.17, 15) is 9.59 Å². The number of carbonyl (C=O) groups is 2. The first-order chi connectivity index (χ1) is 9.29. The van der Waals surface area contributed by atoms with Gasteiger partial charge in [-0.2, -0.15) is 0 Å². The summed E-state index contributed by atoms with van der Waals surface area (Å²) < 4.78 is 10.7. The Bertz CT molecular complexity index is 531. The van der Waals surface area contributed by atoms with Gasteiger partial charge in [-0.1, -0.05) is 0 Å². The molecular formula is C13H17BrN2O4. The van der Waals surface area contributed by atoms with Crippen LogP contribution in [0.3, 0.4) is 0 Å². The van der Waals surface area contributed by atoms with Gasteiger partial charge in [-0.3, -0.25) is 4.79 Å². The summed E-state index contributed by atoms with van der Waals surface area (Å²) in [7, 11) is 4.62. The van der Waals surface area contributed by atoms with Gasteiger partial charge in [-0.25, -0.2) is 4.79 Å². The van der Waals surface area contributed by atoms with Crippen molar-refractivity contribution in [2.24, 2.45) is 0 Å². The van der Waals surface area contributed by atoms with E-state index in [4.69, 9.17) is 15.2 Å². The standard InChI is InChI=1S/C13H17BrN2O4/c1-7(12(17)16(2)3)20-13(18)10-8(14)5-6-9(19-4)11(10)15/h5-7H,15H2,1-4H3/t7-/m0/s1. The van der Waals surface area contributed by atoms with Crippen molar-refractivity contribution in [2.75, 3.05) is 26.9 Å². The third-order valence-electron chi connectivity index (χ3n) is 2.65. The second-order valence-corrected chi connectivity index (χ2v) is 5.17. The SMILES string of the molecule is COc1ccc(Br)c(C(=O)O[C@@H](C)C(=O)N(C)C)c1N. The highest BCUT2D eigenvalue weighted by Crippen LogP contribution is 2.32. The van der Waals surface area contributed by atoms with Gasteiger partial charge >= 0.3 is 5.97 Å². The number of nitrogens with zero attached hydrogens (tertiary/aromatic N) is 1. The number of hydrogen-bond donors (Lipinski definition) is 1. The van der Waals surface area contributed by atoms with Gasteiger partial charge in [0.25, 0.3) is 5.91 Å². The Labute approximate surface area is 126 Å². The molecule has 0 unspecified atom stereocenters. The van der Waals surface area contributed by atoms with E-state index in [-0.39, 0.29) is 17.2 Å². The van der Waals surface area contributed by atoms with Crippen molar-refractivity contribution in [1.82, 2.24) is 4.90 Å². The summed E-state index contributed by atoms with van der Waals surface area (Å²) in [6.45, 7) is 1.50. The largest absolute Gasteiger partial charge is 0.495 e. The number of hydrogen-bond acceptors (Lipinski definition) is 5. The van der Waals surface area contributed by atoms with Gasteiger partial charge in [0, 0.05) is 18.6 Å². The molecule has 0 aliphatic rings. The number of halogens is 1. The van der Waals surface area contributed by atoms with Crippen LogP contribution in [0.4, 0.5) is 5.69 Å². The Balaban J connectivity index is 3.01. The van der Waals surface area contributed by atoms with Gasteiger partial charge < -0.3 is 20.1 Å². The van der Waals surface area contributed by atoms with Crippen LogP contribution in [-0.2, 0) is 9.53 Å². The first-order valence-corrected chi connectivity index (χ1v) is 6.63. The van der Waals surface area contributed by atoms with Gasteiger partial charge in [0.05, 0.1) is 12.8 Å². The van der Waals surface area contributed by atoms with Crippen LogP contribution in [0.15, 0.2) is 16.6 Å². The molecule has 0 fully saturated rings. The number of anilines is 1. The maximum atomic E-state index is 12.1. The monoisotopic (exact) mass is 344 g/mol. The normalized spacial score (nSPS) is 11.7. The van der Waals surface area contributed by atoms with Crippen LogP contribution in [0.5, 0.6) is 5.75 Å². The smallest absolute Gasteiger partial charge is 0.342 e. The Morgan fingerprint density at radius 3 is 2.45 bits per heavy atom. The molecule has 0 saturated heterocycles. The van der Waals surface area contributed by atoms with E-state index in [1.54, 1.807) is 26.2 Å². The minimum absolute atomic E-state index is 0.141. The van der Waals surface area contributed by atoms with Crippen molar-refractivity contribution < 1.29 is 19.1 Å². The first-order valence-electron chi connectivity index (χ1n) is 5.83. The number of rotatable bonds is 4. The van der Waals surface area contributed by atoms with Crippen molar-refractivity contribution in [2.45, 2.75) is 13.0 Å². The Morgan fingerprint density at radius 2 is 1.95 bits per heavy atom. The number of benzene rings is 1. The molecule has 1 aromatic rings. The average molecular weight is 345 g/mol. The van der Waals surface area contributed by atoms with E-state index >= 15 is 0 Å². The molecule has 0 heterocycles. The van der Waals surface area contributed by atoms with E-state index in [2.05, 4.69) is 15.9 Å². The quantitative estimate of drug-likeness (QED) is 0.663. The molecule has 1 amide bonds. The van der Waals surface area contributed by atoms with Crippen molar-refractivity contribution in [3.8, 4) is 5.75 Å². The van der Waals surface area contributed by atoms with E-state index in [0.29, 0.717) is 10.2 Å². The van der Waals surface area contributed by atoms with Crippen LogP contribution in [0.2, 0.25) is 0 Å². The molecule has 0 aromatic heterocycles. The minimum Gasteiger partial charge on any atom is -0.495 e. The van der Waals surface area contributed by atoms with Gasteiger partial charge in [0.1, 0.15) is 11.3 Å². The maximum Gasteiger partial charge on any atom is 0.342 e. The van der Waals surface area contributed by atoms with Crippen molar-refractivity contribution in [1.29, 1.82) is 0 Å². The molecule has 1 aromatic carbocycles. The summed E-state index contributed by atoms with van der Waals surface area (Å²) in [6, 6.07) is 3.26. The lowest BCUT2D eigenvalue weighted by Gasteiger charge is -2.18. The summed E-state index contributed by atoms with van der Waals surface area (Å²) in [5.74, 6) is -0.626. The number of nitrogens with two attached hydrogens (primary N) is 1. The van der Waals surface area contributed by atoms with Crippen molar-refractivity contribution in [3.63, 3.8) is 0 Å². The molecule has 0 radical (unpaired) electrons. The Kier molecular flexibility index (Phi) is 5.38. The highest BCUT2D eigenvalue weighted by Gasteiger charge is 2.24. The van der Waals surface area contributed by atoms with Crippen LogP contribution in [0, 0.1) is 0 Å². The highest BCUT2D eigenvalue weighted by molar-refractivity contribution is 9.10. The fraction of sp³-hybridized carbons (Fsp3) is 0.385. The second-order valence-electron chi connectivity index (χ2n) is 4.32. The third kappa shape index (κ3) is 3.41. The molecule has 0 saturated carbocycles. The van der Waals surface area contributed by atoms with E-state index < -0.39 is 12.1 Å². The number of ether oxygens (including phenoxy) is 2. The van der Waals surface area contributed by atoms with Crippen LogP contribution in [0.1, 0.15) is 17.3 Å². The third-order valence-corrected chi connectivity index (χ3v) is 3.31. The van der Waals surface area contributed by atoms with E-state index in [0.717, 1.165) is 0 Å². The molecule has 110 valence electrons. The zero-order valence-corrected chi connectivity index (χ0v) is 13.4. The van der Waals surface area contributed by atoms with Crippen LogP contribution < -0.4 is 10.5 Å². The van der Waals surface area contributed by atoms with E-state index in [1.807, 2.05) is 0 Å². The lowest BCUT2D eigenvalue weighted by molar-refractivity contribution is -0.137. The Hall–Kier alpha value is -1.76. The lowest BCUT2D eigenvalue weighted by atomic mass is 10.1. The number of methoxy groups -OCH3 is 1. The summed E-state index contributed by atoms with van der Waals surface area (Å²) in [6.07, 6.45) is -0.894. The van der Waals surface area contributed by atoms with Crippen molar-refractivity contribution >= 4 is 33.5 Å². The number of amides is 1. The lowest BCUT2D eigenvalue weighted by Crippen LogP contribution is -2.35. The van der Waals surface area contributed by atoms with Crippen molar-refractivity contribution in [3.05, 3.63) is 22.2 Å². The fourth-order valence-electron chi connectivity index (χ4n) is 1.59. The molecule has 0 spiro atoms. The predicted molar refractivity (Wildman–Crippen MR) is 78.7 cm³/mol. The summed E-state index contributed by atoms with van der Waals surface area (Å²) >= 11 is 3.24. The molecule has 0 bridgehead atoms. The minimum atomic E-state index is -0.894. The molecule has 0 aliphatic heterocycles. The van der Waals surface area contributed by atoms with Gasteiger partial charge in [-0.05, 0) is 35.0 Å². The van der Waals surface area contributed by atoms with Crippen LogP contribution in [0.25, 0.3) is 0 Å². The van der Waals surface area contributed by atoms with Crippen LogP contribution >= 0.6 is 15.9 Å². The Morgan fingerprint density at radius 1 is 1.35 bits per heavy atom. The summed E-state index contributed by atoms with van der Waals surface area (Å²) in [4.78, 5) is 25.2. The van der Waals surface area contributed by atoms with Gasteiger partial charge in [0.2, 0.25) is 0 Å². The van der Waals surface area contributed by atoms with Gasteiger partial charge in [0.15, 0.2) is 6.10 Å². The summed E-state index contributed by atoms with van der Waals surface area (Å²) in [5, 5.41) is 0. The molecule has 20 heavy (non-hydrogen) atoms.